The van der Waals surface area contributed by atoms with Gasteiger partial charge >= 0.3 is 0 Å². The molecule has 6 heteroatoms. The maximum absolute atomic E-state index is 12.6. The number of unbranched alkanes of at least 4 members (excludes halogenated alkanes) is 2. The molecule has 1 atom stereocenters. The lowest BCUT2D eigenvalue weighted by Crippen LogP contribution is -2.49. The molecule has 2 N–H and O–H groups in total. The molecule has 1 aromatic rings. The van der Waals surface area contributed by atoms with E-state index in [1.165, 1.54) is 14.2 Å². The van der Waals surface area contributed by atoms with Gasteiger partial charge in [-0.2, -0.15) is 0 Å². The quantitative estimate of drug-likeness (QED) is 0.636. The molecule has 2 amide bonds. The van der Waals surface area contributed by atoms with Gasteiger partial charge in [-0.1, -0.05) is 33.6 Å². The van der Waals surface area contributed by atoms with E-state index in [0.29, 0.717) is 23.6 Å². The number of nitrogens with one attached hydrogen (secondary N) is 2. The molecule has 1 unspecified atom stereocenters. The fraction of sp³-hybridized carbons (Fsp3) is 0.579. The Kier molecular flexibility index (Phi) is 8.81. The highest BCUT2D eigenvalue weighted by Crippen LogP contribution is 2.22. The van der Waals surface area contributed by atoms with Crippen molar-refractivity contribution in [2.45, 2.75) is 46.1 Å². The second-order valence-corrected chi connectivity index (χ2v) is 6.29. The summed E-state index contributed by atoms with van der Waals surface area (Å²) in [5, 5.41) is 5.71. The van der Waals surface area contributed by atoms with Gasteiger partial charge in [0.25, 0.3) is 5.91 Å². The largest absolute Gasteiger partial charge is 0.497 e. The molecule has 0 aliphatic heterocycles. The standard InChI is InChI=1S/C19H30N2O4/c1-6-7-8-9-20-19(23)17(13(2)3)21-18(22)14-10-15(24-4)12-16(11-14)25-5/h10-13,17H,6-9H2,1-5H3,(H,20,23)(H,21,22). The Morgan fingerprint density at radius 2 is 1.64 bits per heavy atom. The first-order valence-corrected chi connectivity index (χ1v) is 8.74. The number of amides is 2. The molecule has 0 fully saturated rings. The predicted octanol–water partition coefficient (Wildman–Crippen LogP) is 2.76. The summed E-state index contributed by atoms with van der Waals surface area (Å²) in [5.74, 6) is 0.528. The SMILES string of the molecule is CCCCCNC(=O)C(NC(=O)c1cc(OC)cc(OC)c1)C(C)C. The van der Waals surface area contributed by atoms with E-state index in [1.807, 2.05) is 13.8 Å². The summed E-state index contributed by atoms with van der Waals surface area (Å²) < 4.78 is 10.4. The van der Waals surface area contributed by atoms with E-state index in [2.05, 4.69) is 17.6 Å². The molecule has 0 spiro atoms. The zero-order valence-corrected chi connectivity index (χ0v) is 15.8. The minimum absolute atomic E-state index is 0.0253. The van der Waals surface area contributed by atoms with Crippen molar-refractivity contribution in [3.63, 3.8) is 0 Å². The number of hydrogen-bond acceptors (Lipinski definition) is 4. The highest BCUT2D eigenvalue weighted by molar-refractivity contribution is 5.98. The smallest absolute Gasteiger partial charge is 0.252 e. The van der Waals surface area contributed by atoms with Gasteiger partial charge in [0.15, 0.2) is 0 Å². The third-order valence-electron chi connectivity index (χ3n) is 3.93. The molecular weight excluding hydrogens is 320 g/mol. The van der Waals surface area contributed by atoms with Crippen LogP contribution in [0.2, 0.25) is 0 Å². The van der Waals surface area contributed by atoms with Crippen LogP contribution in [0.3, 0.4) is 0 Å². The van der Waals surface area contributed by atoms with Crippen LogP contribution in [0.4, 0.5) is 0 Å². The van der Waals surface area contributed by atoms with Crippen LogP contribution in [0, 0.1) is 5.92 Å². The minimum atomic E-state index is -0.591. The van der Waals surface area contributed by atoms with E-state index in [9.17, 15) is 9.59 Å². The first kappa shape index (κ1) is 20.8. The third-order valence-corrected chi connectivity index (χ3v) is 3.93. The van der Waals surface area contributed by atoms with Gasteiger partial charge in [0.1, 0.15) is 17.5 Å². The molecule has 0 bridgehead atoms. The molecule has 6 nitrogen and oxygen atoms in total. The van der Waals surface area contributed by atoms with Gasteiger partial charge in [0.05, 0.1) is 14.2 Å². The van der Waals surface area contributed by atoms with Gasteiger partial charge in [-0.25, -0.2) is 0 Å². The van der Waals surface area contributed by atoms with Gasteiger partial charge < -0.3 is 20.1 Å². The van der Waals surface area contributed by atoms with Crippen LogP contribution in [0.5, 0.6) is 11.5 Å². The zero-order chi connectivity index (χ0) is 18.8. The second-order valence-electron chi connectivity index (χ2n) is 6.29. The first-order valence-electron chi connectivity index (χ1n) is 8.74. The maximum Gasteiger partial charge on any atom is 0.252 e. The number of benzene rings is 1. The van der Waals surface area contributed by atoms with Gasteiger partial charge in [-0.05, 0) is 24.5 Å². The fourth-order valence-electron chi connectivity index (χ4n) is 2.39. The Bertz CT molecular complexity index is 550. The van der Waals surface area contributed by atoms with Crippen LogP contribution in [-0.4, -0.2) is 38.6 Å². The summed E-state index contributed by atoms with van der Waals surface area (Å²) >= 11 is 0. The Balaban J connectivity index is 2.80. The van der Waals surface area contributed by atoms with E-state index in [1.54, 1.807) is 18.2 Å². The van der Waals surface area contributed by atoms with Crippen molar-refractivity contribution in [1.82, 2.24) is 10.6 Å². The van der Waals surface area contributed by atoms with Crippen molar-refractivity contribution in [2.75, 3.05) is 20.8 Å². The molecule has 1 aromatic carbocycles. The van der Waals surface area contributed by atoms with Crippen molar-refractivity contribution >= 4 is 11.8 Å². The maximum atomic E-state index is 12.6. The summed E-state index contributed by atoms with van der Waals surface area (Å²) in [6, 6.07) is 4.34. The van der Waals surface area contributed by atoms with Crippen molar-refractivity contribution < 1.29 is 19.1 Å². The van der Waals surface area contributed by atoms with Crippen molar-refractivity contribution in [3.8, 4) is 11.5 Å². The first-order chi connectivity index (χ1) is 11.9. The molecule has 0 aromatic heterocycles. The van der Waals surface area contributed by atoms with Crippen molar-refractivity contribution in [3.05, 3.63) is 23.8 Å². The van der Waals surface area contributed by atoms with Crippen LogP contribution in [0.15, 0.2) is 18.2 Å². The van der Waals surface area contributed by atoms with Gasteiger partial charge in [0.2, 0.25) is 5.91 Å². The lowest BCUT2D eigenvalue weighted by molar-refractivity contribution is -0.123. The summed E-state index contributed by atoms with van der Waals surface area (Å²) in [6.45, 7) is 6.55. The molecule has 0 aliphatic rings. The summed E-state index contributed by atoms with van der Waals surface area (Å²) in [4.78, 5) is 25.0. The number of carbonyl (C=O) groups is 2. The van der Waals surface area contributed by atoms with E-state index < -0.39 is 6.04 Å². The highest BCUT2D eigenvalue weighted by Gasteiger charge is 2.24. The van der Waals surface area contributed by atoms with Crippen molar-refractivity contribution in [1.29, 1.82) is 0 Å². The molecule has 0 saturated heterocycles. The number of methoxy groups -OCH3 is 2. The molecule has 140 valence electrons. The van der Waals surface area contributed by atoms with Crippen LogP contribution in [0.1, 0.15) is 50.4 Å². The van der Waals surface area contributed by atoms with E-state index >= 15 is 0 Å². The number of rotatable bonds is 10. The zero-order valence-electron chi connectivity index (χ0n) is 15.8. The number of carbonyl (C=O) groups excluding carboxylic acids is 2. The number of hydrogen-bond donors (Lipinski definition) is 2. The normalized spacial score (nSPS) is 11.8. The van der Waals surface area contributed by atoms with E-state index in [-0.39, 0.29) is 17.7 Å². The molecule has 25 heavy (non-hydrogen) atoms. The summed E-state index contributed by atoms with van der Waals surface area (Å²) in [7, 11) is 3.05. The molecule has 0 saturated carbocycles. The Morgan fingerprint density at radius 1 is 1.04 bits per heavy atom. The van der Waals surface area contributed by atoms with Gasteiger partial charge in [0, 0.05) is 18.2 Å². The topological polar surface area (TPSA) is 76.7 Å². The van der Waals surface area contributed by atoms with Crippen molar-refractivity contribution in [2.24, 2.45) is 5.92 Å². The van der Waals surface area contributed by atoms with Crippen LogP contribution in [-0.2, 0) is 4.79 Å². The Labute approximate surface area is 150 Å². The van der Waals surface area contributed by atoms with Gasteiger partial charge in [-0.15, -0.1) is 0 Å². The second kappa shape index (κ2) is 10.6. The molecular formula is C19H30N2O4. The lowest BCUT2D eigenvalue weighted by Gasteiger charge is -2.22. The fourth-order valence-corrected chi connectivity index (χ4v) is 2.39. The monoisotopic (exact) mass is 350 g/mol. The average Bonchev–Trinajstić information content (AvgIpc) is 2.61. The van der Waals surface area contributed by atoms with Crippen LogP contribution >= 0.6 is 0 Å². The number of ether oxygens (including phenoxy) is 2. The van der Waals surface area contributed by atoms with E-state index in [0.717, 1.165) is 19.3 Å². The molecule has 0 heterocycles. The molecule has 1 rings (SSSR count). The minimum Gasteiger partial charge on any atom is -0.497 e. The Hall–Kier alpha value is -2.24. The molecule has 0 radical (unpaired) electrons. The van der Waals surface area contributed by atoms with E-state index in [4.69, 9.17) is 9.47 Å². The summed E-state index contributed by atoms with van der Waals surface area (Å²) in [6.07, 6.45) is 3.11. The highest BCUT2D eigenvalue weighted by atomic mass is 16.5. The Morgan fingerprint density at radius 3 is 2.12 bits per heavy atom. The predicted molar refractivity (Wildman–Crippen MR) is 98.2 cm³/mol. The lowest BCUT2D eigenvalue weighted by atomic mass is 10.0. The summed E-state index contributed by atoms with van der Waals surface area (Å²) in [5.41, 5.74) is 0.389. The van der Waals surface area contributed by atoms with Gasteiger partial charge in [-0.3, -0.25) is 9.59 Å². The van der Waals surface area contributed by atoms with Crippen LogP contribution < -0.4 is 20.1 Å². The third kappa shape index (κ3) is 6.64. The average molecular weight is 350 g/mol. The van der Waals surface area contributed by atoms with Crippen LogP contribution in [0.25, 0.3) is 0 Å². The molecule has 0 aliphatic carbocycles.